The van der Waals surface area contributed by atoms with E-state index in [2.05, 4.69) is 4.98 Å². The molecule has 0 saturated heterocycles. The lowest BCUT2D eigenvalue weighted by Gasteiger charge is -2.18. The Kier molecular flexibility index (Phi) is 3.79. The Morgan fingerprint density at radius 1 is 0.909 bits per heavy atom. The van der Waals surface area contributed by atoms with Crippen molar-refractivity contribution < 1.29 is 9.59 Å². The highest BCUT2D eigenvalue weighted by Gasteiger charge is 2.27. The van der Waals surface area contributed by atoms with Crippen LogP contribution in [0.25, 0.3) is 10.2 Å². The molecule has 1 aliphatic carbocycles. The summed E-state index contributed by atoms with van der Waals surface area (Å²) >= 11 is 1.65. The molecule has 0 bridgehead atoms. The number of ketones is 2. The molecule has 3 rings (SSSR count). The average Bonchev–Trinajstić information content (AvgIpc) is 2.94. The maximum Gasteiger partial charge on any atom is 0.185 e. The van der Waals surface area contributed by atoms with Gasteiger partial charge in [-0.3, -0.25) is 9.59 Å². The van der Waals surface area contributed by atoms with Crippen molar-refractivity contribution in [3.05, 3.63) is 51.6 Å². The van der Waals surface area contributed by atoms with Gasteiger partial charge in [0, 0.05) is 28.7 Å². The van der Waals surface area contributed by atoms with Crippen LogP contribution in [0.3, 0.4) is 0 Å². The van der Waals surface area contributed by atoms with E-state index in [0.717, 1.165) is 15.2 Å². The fourth-order valence-electron chi connectivity index (χ4n) is 2.72. The van der Waals surface area contributed by atoms with Crippen molar-refractivity contribution in [3.63, 3.8) is 0 Å². The van der Waals surface area contributed by atoms with Crippen LogP contribution in [0.15, 0.2) is 46.6 Å². The maximum atomic E-state index is 12.4. The van der Waals surface area contributed by atoms with Gasteiger partial charge >= 0.3 is 0 Å². The highest BCUT2D eigenvalue weighted by atomic mass is 32.1. The standard InChI is InChI=1S/C18H17NO2S/c1-10-11(2)18(21)13(12(3)17(10)20)8-9-16-19-14-6-4-5-7-15(14)22-16/h4-7H,8-9H2,1-3H3. The number of aryl methyl sites for hydroxylation is 1. The van der Waals surface area contributed by atoms with Gasteiger partial charge < -0.3 is 0 Å². The molecule has 0 aliphatic heterocycles. The summed E-state index contributed by atoms with van der Waals surface area (Å²) < 4.78 is 1.15. The molecule has 1 heterocycles. The number of thiazole rings is 1. The lowest BCUT2D eigenvalue weighted by molar-refractivity contribution is -0.116. The van der Waals surface area contributed by atoms with E-state index in [1.165, 1.54) is 0 Å². The number of nitrogens with zero attached hydrogens (tertiary/aromatic N) is 1. The molecule has 1 aliphatic rings. The average molecular weight is 311 g/mol. The first-order chi connectivity index (χ1) is 10.5. The second kappa shape index (κ2) is 5.61. The molecule has 0 saturated carbocycles. The first-order valence-corrected chi connectivity index (χ1v) is 8.11. The summed E-state index contributed by atoms with van der Waals surface area (Å²) in [6.07, 6.45) is 1.26. The first-order valence-electron chi connectivity index (χ1n) is 7.30. The zero-order valence-corrected chi connectivity index (χ0v) is 13.7. The van der Waals surface area contributed by atoms with E-state index >= 15 is 0 Å². The van der Waals surface area contributed by atoms with Gasteiger partial charge in [0.05, 0.1) is 15.2 Å². The topological polar surface area (TPSA) is 47.0 Å². The summed E-state index contributed by atoms with van der Waals surface area (Å²) in [6.45, 7) is 5.22. The SMILES string of the molecule is CC1=C(C)C(=O)C(CCc2nc3ccccc3s2)=C(C)C1=O. The summed E-state index contributed by atoms with van der Waals surface area (Å²) in [5.41, 5.74) is 3.38. The molecular formula is C18H17NO2S. The van der Waals surface area contributed by atoms with E-state index in [4.69, 9.17) is 0 Å². The minimum absolute atomic E-state index is 0.00333. The van der Waals surface area contributed by atoms with Crippen LogP contribution < -0.4 is 0 Å². The van der Waals surface area contributed by atoms with Crippen LogP contribution in [0.1, 0.15) is 32.2 Å². The third-order valence-electron chi connectivity index (χ3n) is 4.24. The van der Waals surface area contributed by atoms with Gasteiger partial charge in [-0.15, -0.1) is 11.3 Å². The van der Waals surface area contributed by atoms with Crippen molar-refractivity contribution in [3.8, 4) is 0 Å². The molecule has 0 spiro atoms. The Hall–Kier alpha value is -2.07. The van der Waals surface area contributed by atoms with E-state index < -0.39 is 0 Å². The number of rotatable bonds is 3. The highest BCUT2D eigenvalue weighted by molar-refractivity contribution is 7.18. The lowest BCUT2D eigenvalue weighted by Crippen LogP contribution is -2.21. The Labute approximate surface area is 133 Å². The fourth-order valence-corrected chi connectivity index (χ4v) is 3.68. The number of aromatic nitrogens is 1. The van der Waals surface area contributed by atoms with Gasteiger partial charge in [0.15, 0.2) is 11.6 Å². The van der Waals surface area contributed by atoms with Gasteiger partial charge in [-0.2, -0.15) is 0 Å². The van der Waals surface area contributed by atoms with Gasteiger partial charge in [-0.1, -0.05) is 12.1 Å². The zero-order valence-electron chi connectivity index (χ0n) is 12.9. The van der Waals surface area contributed by atoms with Crippen molar-refractivity contribution in [2.75, 3.05) is 0 Å². The molecule has 112 valence electrons. The maximum absolute atomic E-state index is 12.4. The van der Waals surface area contributed by atoms with Gasteiger partial charge in [-0.05, 0) is 39.3 Å². The van der Waals surface area contributed by atoms with Crippen LogP contribution in [0.2, 0.25) is 0 Å². The van der Waals surface area contributed by atoms with Crippen LogP contribution >= 0.6 is 11.3 Å². The molecule has 0 amide bonds. The predicted molar refractivity (Wildman–Crippen MR) is 89.0 cm³/mol. The lowest BCUT2D eigenvalue weighted by atomic mass is 9.84. The molecule has 0 N–H and O–H groups in total. The number of hydrogen-bond donors (Lipinski definition) is 0. The van der Waals surface area contributed by atoms with Crippen molar-refractivity contribution in [2.24, 2.45) is 0 Å². The second-order valence-electron chi connectivity index (χ2n) is 5.59. The third-order valence-corrected chi connectivity index (χ3v) is 5.33. The quantitative estimate of drug-likeness (QED) is 0.804. The first kappa shape index (κ1) is 14.9. The van der Waals surface area contributed by atoms with E-state index in [9.17, 15) is 9.59 Å². The van der Waals surface area contributed by atoms with Gasteiger partial charge in [0.1, 0.15) is 0 Å². The van der Waals surface area contributed by atoms with Crippen molar-refractivity contribution in [1.29, 1.82) is 0 Å². The summed E-state index contributed by atoms with van der Waals surface area (Å²) in [5.74, 6) is 0.00658. The molecule has 1 aromatic carbocycles. The number of hydrogen-bond acceptors (Lipinski definition) is 4. The largest absolute Gasteiger partial charge is 0.289 e. The van der Waals surface area contributed by atoms with E-state index in [1.807, 2.05) is 24.3 Å². The molecule has 0 fully saturated rings. The summed E-state index contributed by atoms with van der Waals surface area (Å²) in [7, 11) is 0. The van der Waals surface area contributed by atoms with Crippen LogP contribution in [0.5, 0.6) is 0 Å². The molecule has 3 nitrogen and oxygen atoms in total. The normalized spacial score (nSPS) is 16.1. The molecule has 2 aromatic rings. The number of allylic oxidation sites excluding steroid dienone is 4. The van der Waals surface area contributed by atoms with E-state index in [1.54, 1.807) is 32.1 Å². The van der Waals surface area contributed by atoms with Crippen molar-refractivity contribution in [2.45, 2.75) is 33.6 Å². The molecule has 22 heavy (non-hydrogen) atoms. The highest BCUT2D eigenvalue weighted by Crippen LogP contribution is 2.29. The third kappa shape index (κ3) is 2.44. The monoisotopic (exact) mass is 311 g/mol. The molecule has 0 radical (unpaired) electrons. The van der Waals surface area contributed by atoms with Crippen LogP contribution in [-0.2, 0) is 16.0 Å². The number of fused-ring (bicyclic) bond motifs is 1. The van der Waals surface area contributed by atoms with Gasteiger partial charge in [0.2, 0.25) is 0 Å². The Bertz CT molecular complexity index is 822. The van der Waals surface area contributed by atoms with Crippen LogP contribution in [0.4, 0.5) is 0 Å². The number of carbonyl (C=O) groups excluding carboxylic acids is 2. The molecule has 1 aromatic heterocycles. The van der Waals surface area contributed by atoms with Crippen LogP contribution in [-0.4, -0.2) is 16.6 Å². The molecule has 4 heteroatoms. The van der Waals surface area contributed by atoms with E-state index in [-0.39, 0.29) is 11.6 Å². The molecule has 0 atom stereocenters. The Morgan fingerprint density at radius 2 is 1.59 bits per heavy atom. The number of para-hydroxylation sites is 1. The zero-order chi connectivity index (χ0) is 15.9. The van der Waals surface area contributed by atoms with E-state index in [0.29, 0.717) is 35.1 Å². The molecular weight excluding hydrogens is 294 g/mol. The number of Topliss-reactive ketones (excluding diaryl/α,β-unsaturated/α-hetero) is 2. The minimum Gasteiger partial charge on any atom is -0.289 e. The van der Waals surface area contributed by atoms with Crippen LogP contribution in [0, 0.1) is 0 Å². The minimum atomic E-state index is -0.00333. The fraction of sp³-hybridized carbons (Fsp3) is 0.278. The van der Waals surface area contributed by atoms with Crippen molar-refractivity contribution in [1.82, 2.24) is 4.98 Å². The summed E-state index contributed by atoms with van der Waals surface area (Å²) in [4.78, 5) is 29.2. The Balaban J connectivity index is 1.84. The van der Waals surface area contributed by atoms with Gasteiger partial charge in [0.25, 0.3) is 0 Å². The second-order valence-corrected chi connectivity index (χ2v) is 6.70. The van der Waals surface area contributed by atoms with Crippen molar-refractivity contribution >= 4 is 33.1 Å². The summed E-state index contributed by atoms with van der Waals surface area (Å²) in [5, 5.41) is 1.01. The van der Waals surface area contributed by atoms with Gasteiger partial charge in [-0.25, -0.2) is 4.98 Å². The number of benzene rings is 1. The smallest absolute Gasteiger partial charge is 0.185 e. The number of carbonyl (C=O) groups is 2. The predicted octanol–water partition coefficient (Wildman–Crippen LogP) is 4.03. The molecule has 0 unspecified atom stereocenters. The summed E-state index contributed by atoms with van der Waals surface area (Å²) in [6, 6.07) is 8.01. The Morgan fingerprint density at radius 3 is 2.32 bits per heavy atom.